The van der Waals surface area contributed by atoms with Crippen LogP contribution in [0.25, 0.3) is 0 Å². The molecule has 3 heterocycles. The number of hydrogen-bond acceptors (Lipinski definition) is 16. The molecule has 3 N–H and O–H groups in total. The van der Waals surface area contributed by atoms with Gasteiger partial charge in [0.15, 0.2) is 10.2 Å². The van der Waals surface area contributed by atoms with Gasteiger partial charge in [-0.3, -0.25) is 4.55 Å². The molecule has 2 aromatic carbocycles. The van der Waals surface area contributed by atoms with Crippen LogP contribution in [0.2, 0.25) is 0 Å². The number of aromatic nitrogens is 3. The monoisotopic (exact) mass is 765 g/mol. The van der Waals surface area contributed by atoms with Gasteiger partial charge in [0.2, 0.25) is 11.9 Å². The lowest BCUT2D eigenvalue weighted by Gasteiger charge is -2.22. The minimum absolute atomic E-state index is 0.0588. The highest BCUT2D eigenvalue weighted by Gasteiger charge is 2.18. The van der Waals surface area contributed by atoms with Crippen LogP contribution in [0.5, 0.6) is 0 Å². The molecule has 0 saturated heterocycles. The Labute approximate surface area is 310 Å². The van der Waals surface area contributed by atoms with Gasteiger partial charge in [-0.25, -0.2) is 0 Å². The summed E-state index contributed by atoms with van der Waals surface area (Å²) in [5.41, 5.74) is 4.18. The van der Waals surface area contributed by atoms with Crippen LogP contribution in [0.3, 0.4) is 0 Å². The summed E-state index contributed by atoms with van der Waals surface area (Å²) in [7, 11) is -4.46. The van der Waals surface area contributed by atoms with Gasteiger partial charge in [0.1, 0.15) is 21.3 Å². The third-order valence-electron chi connectivity index (χ3n) is 7.50. The van der Waals surface area contributed by atoms with Crippen molar-refractivity contribution in [2.45, 2.75) is 44.7 Å². The molecule has 0 aliphatic carbocycles. The van der Waals surface area contributed by atoms with Gasteiger partial charge in [0, 0.05) is 37.6 Å². The Morgan fingerprint density at radius 2 is 1.29 bits per heavy atom. The number of hydrogen-bond donors (Lipinski definition) is 3. The van der Waals surface area contributed by atoms with Crippen LogP contribution in [0.15, 0.2) is 95.9 Å². The Kier molecular flexibility index (Phi) is 13.1. The number of thioether (sulfide) groups is 1. The summed E-state index contributed by atoms with van der Waals surface area (Å²) in [6.45, 7) is 13.6. The second-order valence-electron chi connectivity index (χ2n) is 10.6. The SMILES string of the molecule is CCSc1nc(Nc2cc(N(CC)CC)ccc2/N=N/c2cccs2)nc(Nc2cc(N(CC)CC)ccc2/N=N/c2sccc2S(=O)(=O)O)n1. The zero-order valence-electron chi connectivity index (χ0n) is 28.8. The third kappa shape index (κ3) is 9.85. The predicted octanol–water partition coefficient (Wildman–Crippen LogP) is 10.4. The standard InChI is InChI=1S/C33H39N11O3S4/c1-6-43(7-2)22-13-15-24(39-41-29-12-11-18-49-29)26(20-22)34-31-36-32(38-33(37-31)48-10-5)35-27-21-23(44(8-3)9-4)14-16-25(27)40-42-30-28(17-19-50-30)51(45,46)47/h11-21H,6-10H2,1-5H3,(H,45,46,47)(H2,34,35,36,37,38)/b41-39+,42-40+. The van der Waals surface area contributed by atoms with Crippen LogP contribution in [0.4, 0.5) is 56.0 Å². The summed E-state index contributed by atoms with van der Waals surface area (Å²) in [5, 5.41) is 29.0. The number of nitrogens with zero attached hydrogens (tertiary/aromatic N) is 9. The van der Waals surface area contributed by atoms with Crippen molar-refractivity contribution in [3.63, 3.8) is 0 Å². The fourth-order valence-electron chi connectivity index (χ4n) is 4.98. The van der Waals surface area contributed by atoms with Crippen LogP contribution in [0.1, 0.15) is 34.6 Å². The Hall–Kier alpha value is -4.49. The Morgan fingerprint density at radius 1 is 0.725 bits per heavy atom. The van der Waals surface area contributed by atoms with Crippen molar-refractivity contribution in [3.8, 4) is 0 Å². The lowest BCUT2D eigenvalue weighted by molar-refractivity contribution is 0.484. The molecule has 0 atom stereocenters. The zero-order valence-corrected chi connectivity index (χ0v) is 32.1. The minimum Gasteiger partial charge on any atom is -0.372 e. The summed E-state index contributed by atoms with van der Waals surface area (Å²) < 4.78 is 33.4. The molecule has 0 bridgehead atoms. The molecule has 5 aromatic rings. The molecule has 0 fully saturated rings. The predicted molar refractivity (Wildman–Crippen MR) is 210 cm³/mol. The molecular weight excluding hydrogens is 727 g/mol. The van der Waals surface area contributed by atoms with Crippen molar-refractivity contribution in [2.75, 3.05) is 52.4 Å². The molecular formula is C33H39N11O3S4. The summed E-state index contributed by atoms with van der Waals surface area (Å²) in [5.74, 6) is 1.29. The largest absolute Gasteiger partial charge is 0.372 e. The number of azo groups is 2. The van der Waals surface area contributed by atoms with E-state index < -0.39 is 10.1 Å². The molecule has 0 aliphatic heterocycles. The van der Waals surface area contributed by atoms with E-state index >= 15 is 0 Å². The normalized spacial score (nSPS) is 11.8. The molecule has 14 nitrogen and oxygen atoms in total. The first kappa shape index (κ1) is 37.8. The van der Waals surface area contributed by atoms with E-state index in [0.29, 0.717) is 33.9 Å². The van der Waals surface area contributed by atoms with Gasteiger partial charge in [0.25, 0.3) is 10.1 Å². The van der Waals surface area contributed by atoms with E-state index in [1.807, 2.05) is 54.8 Å². The lowest BCUT2D eigenvalue weighted by Crippen LogP contribution is -2.21. The van der Waals surface area contributed by atoms with E-state index in [2.05, 4.69) is 73.6 Å². The van der Waals surface area contributed by atoms with Crippen LogP contribution < -0.4 is 20.4 Å². The average Bonchev–Trinajstić information content (AvgIpc) is 3.82. The fourth-order valence-corrected chi connectivity index (χ4v) is 7.74. The van der Waals surface area contributed by atoms with E-state index in [0.717, 1.165) is 59.6 Å². The van der Waals surface area contributed by atoms with Gasteiger partial charge < -0.3 is 20.4 Å². The number of rotatable bonds is 17. The number of anilines is 6. The highest BCUT2D eigenvalue weighted by Crippen LogP contribution is 2.38. The molecule has 18 heteroatoms. The maximum Gasteiger partial charge on any atom is 0.297 e. The highest BCUT2D eigenvalue weighted by molar-refractivity contribution is 7.99. The second-order valence-corrected chi connectivity index (χ2v) is 15.1. The summed E-state index contributed by atoms with van der Waals surface area (Å²) >= 11 is 4.02. The Bertz CT molecular complexity index is 2080. The van der Waals surface area contributed by atoms with E-state index in [1.165, 1.54) is 34.5 Å². The lowest BCUT2D eigenvalue weighted by atomic mass is 10.2. The first-order valence-corrected chi connectivity index (χ1v) is 20.5. The quantitative estimate of drug-likeness (QED) is 0.0467. The van der Waals surface area contributed by atoms with Gasteiger partial charge in [-0.1, -0.05) is 18.7 Å². The van der Waals surface area contributed by atoms with Gasteiger partial charge in [0.05, 0.1) is 11.4 Å². The van der Waals surface area contributed by atoms with Gasteiger partial charge in [-0.05, 0) is 98.8 Å². The first-order valence-electron chi connectivity index (χ1n) is 16.3. The van der Waals surface area contributed by atoms with Crippen molar-refractivity contribution in [2.24, 2.45) is 20.5 Å². The topological polar surface area (TPSA) is 173 Å². The van der Waals surface area contributed by atoms with Crippen LogP contribution >= 0.6 is 34.4 Å². The third-order valence-corrected chi connectivity index (χ3v) is 10.8. The minimum atomic E-state index is -4.46. The van der Waals surface area contributed by atoms with Gasteiger partial charge in [-0.2, -0.15) is 23.4 Å². The van der Waals surface area contributed by atoms with Crippen molar-refractivity contribution in [3.05, 3.63) is 65.4 Å². The van der Waals surface area contributed by atoms with E-state index in [1.54, 1.807) is 6.07 Å². The first-order chi connectivity index (χ1) is 24.6. The van der Waals surface area contributed by atoms with Crippen LogP contribution in [-0.4, -0.2) is 59.9 Å². The molecule has 0 radical (unpaired) electrons. The van der Waals surface area contributed by atoms with Crippen molar-refractivity contribution < 1.29 is 13.0 Å². The Morgan fingerprint density at radius 3 is 1.78 bits per heavy atom. The molecule has 5 rings (SSSR count). The molecule has 0 unspecified atom stereocenters. The average molecular weight is 766 g/mol. The number of thiophene rings is 2. The molecule has 0 aliphatic rings. The molecule has 0 amide bonds. The van der Waals surface area contributed by atoms with Gasteiger partial charge in [-0.15, -0.1) is 43.1 Å². The van der Waals surface area contributed by atoms with Crippen LogP contribution in [-0.2, 0) is 10.1 Å². The fraction of sp³-hybridized carbons (Fsp3) is 0.303. The smallest absolute Gasteiger partial charge is 0.297 e. The maximum atomic E-state index is 11.9. The molecule has 0 spiro atoms. The van der Waals surface area contributed by atoms with Crippen molar-refractivity contribution in [1.29, 1.82) is 0 Å². The molecule has 0 saturated carbocycles. The van der Waals surface area contributed by atoms with Crippen molar-refractivity contribution in [1.82, 2.24) is 15.0 Å². The summed E-state index contributed by atoms with van der Waals surface area (Å²) in [6, 6.07) is 16.7. The number of benzene rings is 2. The summed E-state index contributed by atoms with van der Waals surface area (Å²) in [4.78, 5) is 18.2. The Balaban J connectivity index is 1.55. The molecule has 268 valence electrons. The van der Waals surface area contributed by atoms with E-state index in [4.69, 9.17) is 9.97 Å². The maximum absolute atomic E-state index is 11.9. The van der Waals surface area contributed by atoms with Crippen LogP contribution in [0, 0.1) is 0 Å². The summed E-state index contributed by atoms with van der Waals surface area (Å²) in [6.07, 6.45) is 0. The highest BCUT2D eigenvalue weighted by atomic mass is 32.2. The molecule has 51 heavy (non-hydrogen) atoms. The second kappa shape index (κ2) is 17.6. The number of nitrogens with one attached hydrogen (secondary N) is 2. The zero-order chi connectivity index (χ0) is 36.4. The molecule has 3 aromatic heterocycles. The van der Waals surface area contributed by atoms with E-state index in [-0.39, 0.29) is 15.8 Å². The van der Waals surface area contributed by atoms with Crippen molar-refractivity contribution >= 4 is 101 Å². The van der Waals surface area contributed by atoms with E-state index in [9.17, 15) is 13.0 Å². The van der Waals surface area contributed by atoms with Gasteiger partial charge >= 0.3 is 0 Å².